The molecule has 0 saturated carbocycles. The molecule has 1 rings (SSSR count). The van der Waals surface area contributed by atoms with Crippen LogP contribution in [0.15, 0.2) is 12.3 Å². The van der Waals surface area contributed by atoms with E-state index in [0.717, 1.165) is 31.9 Å². The van der Waals surface area contributed by atoms with Crippen LogP contribution < -0.4 is 5.73 Å². The molecular formula is C9H17N3O. The van der Waals surface area contributed by atoms with Gasteiger partial charge in [0.25, 0.3) is 0 Å². The van der Waals surface area contributed by atoms with E-state index in [1.807, 2.05) is 16.9 Å². The second kappa shape index (κ2) is 5.72. The van der Waals surface area contributed by atoms with Crippen LogP contribution >= 0.6 is 0 Å². The molecule has 1 aromatic rings. The molecule has 1 aromatic heterocycles. The lowest BCUT2D eigenvalue weighted by molar-refractivity contribution is 0.124. The van der Waals surface area contributed by atoms with Gasteiger partial charge in [0.15, 0.2) is 0 Å². The van der Waals surface area contributed by atoms with Crippen molar-refractivity contribution in [3.63, 3.8) is 0 Å². The van der Waals surface area contributed by atoms with Crippen LogP contribution in [0.3, 0.4) is 0 Å². The van der Waals surface area contributed by atoms with Gasteiger partial charge < -0.3 is 10.5 Å². The van der Waals surface area contributed by atoms with Crippen molar-refractivity contribution >= 4 is 0 Å². The van der Waals surface area contributed by atoms with E-state index >= 15 is 0 Å². The molecule has 0 aromatic carbocycles. The van der Waals surface area contributed by atoms with Crippen LogP contribution in [0.2, 0.25) is 0 Å². The largest absolute Gasteiger partial charge is 0.380 e. The van der Waals surface area contributed by atoms with Gasteiger partial charge in [0.1, 0.15) is 0 Å². The number of aromatic nitrogens is 2. The number of nitrogens with zero attached hydrogens (tertiary/aromatic N) is 2. The Bertz CT molecular complexity index is 235. The molecule has 0 atom stereocenters. The summed E-state index contributed by atoms with van der Waals surface area (Å²) in [7, 11) is 0. The van der Waals surface area contributed by atoms with Crippen molar-refractivity contribution in [3.8, 4) is 0 Å². The second-order valence-electron chi connectivity index (χ2n) is 2.89. The standard InChI is InChI=1S/C9H17N3O/c1-2-6-13-7-5-12-4-3-9(8-10)11-12/h3-4H,2,5-8,10H2,1H3. The summed E-state index contributed by atoms with van der Waals surface area (Å²) in [4.78, 5) is 0. The smallest absolute Gasteiger partial charge is 0.0760 e. The van der Waals surface area contributed by atoms with Crippen LogP contribution in [0.1, 0.15) is 19.0 Å². The van der Waals surface area contributed by atoms with Crippen LogP contribution in [0, 0.1) is 0 Å². The van der Waals surface area contributed by atoms with E-state index in [2.05, 4.69) is 12.0 Å². The molecule has 0 saturated heterocycles. The molecule has 4 heteroatoms. The van der Waals surface area contributed by atoms with Crippen molar-refractivity contribution < 1.29 is 4.74 Å². The summed E-state index contributed by atoms with van der Waals surface area (Å²) in [5.41, 5.74) is 6.36. The Balaban J connectivity index is 2.20. The number of rotatable bonds is 6. The first-order valence-electron chi connectivity index (χ1n) is 4.67. The van der Waals surface area contributed by atoms with Gasteiger partial charge in [0.2, 0.25) is 0 Å². The summed E-state index contributed by atoms with van der Waals surface area (Å²) in [6.45, 7) is 4.95. The molecule has 0 aliphatic rings. The van der Waals surface area contributed by atoms with E-state index < -0.39 is 0 Å². The fourth-order valence-electron chi connectivity index (χ4n) is 1.04. The Morgan fingerprint density at radius 1 is 1.54 bits per heavy atom. The summed E-state index contributed by atoms with van der Waals surface area (Å²) in [5.74, 6) is 0. The Morgan fingerprint density at radius 3 is 3.00 bits per heavy atom. The van der Waals surface area contributed by atoms with Gasteiger partial charge >= 0.3 is 0 Å². The Hall–Kier alpha value is -0.870. The minimum atomic E-state index is 0.503. The van der Waals surface area contributed by atoms with Crippen molar-refractivity contribution in [1.29, 1.82) is 0 Å². The molecule has 0 radical (unpaired) electrons. The highest BCUT2D eigenvalue weighted by Crippen LogP contribution is 1.93. The Morgan fingerprint density at radius 2 is 2.38 bits per heavy atom. The zero-order chi connectivity index (χ0) is 9.52. The molecule has 13 heavy (non-hydrogen) atoms. The average molecular weight is 183 g/mol. The van der Waals surface area contributed by atoms with Gasteiger partial charge in [-0.15, -0.1) is 0 Å². The van der Waals surface area contributed by atoms with Gasteiger partial charge in [-0.05, 0) is 12.5 Å². The number of hydrogen-bond acceptors (Lipinski definition) is 3. The topological polar surface area (TPSA) is 53.1 Å². The maximum Gasteiger partial charge on any atom is 0.0760 e. The van der Waals surface area contributed by atoms with Crippen molar-refractivity contribution in [3.05, 3.63) is 18.0 Å². The summed E-state index contributed by atoms with van der Waals surface area (Å²) in [6, 6.07) is 1.93. The first-order valence-corrected chi connectivity index (χ1v) is 4.67. The molecule has 0 aliphatic carbocycles. The zero-order valence-corrected chi connectivity index (χ0v) is 8.07. The number of ether oxygens (including phenoxy) is 1. The molecule has 0 bridgehead atoms. The predicted octanol–water partition coefficient (Wildman–Crippen LogP) is 0.768. The van der Waals surface area contributed by atoms with Crippen LogP contribution in [-0.4, -0.2) is 23.0 Å². The fraction of sp³-hybridized carbons (Fsp3) is 0.667. The Labute approximate surface area is 78.7 Å². The molecule has 1 heterocycles. The van der Waals surface area contributed by atoms with E-state index in [0.29, 0.717) is 6.54 Å². The minimum absolute atomic E-state index is 0.503. The van der Waals surface area contributed by atoms with Crippen molar-refractivity contribution in [2.24, 2.45) is 5.73 Å². The van der Waals surface area contributed by atoms with E-state index in [1.165, 1.54) is 0 Å². The van der Waals surface area contributed by atoms with Gasteiger partial charge in [-0.3, -0.25) is 4.68 Å². The van der Waals surface area contributed by atoms with Crippen LogP contribution in [0.5, 0.6) is 0 Å². The normalized spacial score (nSPS) is 10.6. The molecule has 0 spiro atoms. The highest BCUT2D eigenvalue weighted by Gasteiger charge is 1.95. The lowest BCUT2D eigenvalue weighted by Crippen LogP contribution is -2.08. The highest BCUT2D eigenvalue weighted by molar-refractivity contribution is 4.97. The van der Waals surface area contributed by atoms with Gasteiger partial charge in [-0.25, -0.2) is 0 Å². The molecular weight excluding hydrogens is 166 g/mol. The van der Waals surface area contributed by atoms with Gasteiger partial charge in [0, 0.05) is 19.3 Å². The highest BCUT2D eigenvalue weighted by atomic mass is 16.5. The number of nitrogens with two attached hydrogens (primary N) is 1. The second-order valence-corrected chi connectivity index (χ2v) is 2.89. The lowest BCUT2D eigenvalue weighted by atomic mass is 10.4. The monoisotopic (exact) mass is 183 g/mol. The van der Waals surface area contributed by atoms with Crippen molar-refractivity contribution in [2.45, 2.75) is 26.4 Å². The first kappa shape index (κ1) is 10.2. The minimum Gasteiger partial charge on any atom is -0.380 e. The van der Waals surface area contributed by atoms with Gasteiger partial charge in [-0.2, -0.15) is 5.10 Å². The Kier molecular flexibility index (Phi) is 4.49. The van der Waals surface area contributed by atoms with Crippen molar-refractivity contribution in [1.82, 2.24) is 9.78 Å². The molecule has 0 amide bonds. The predicted molar refractivity (Wildman–Crippen MR) is 51.2 cm³/mol. The third-order valence-corrected chi connectivity index (χ3v) is 1.72. The fourth-order valence-corrected chi connectivity index (χ4v) is 1.04. The third-order valence-electron chi connectivity index (χ3n) is 1.72. The number of hydrogen-bond donors (Lipinski definition) is 1. The average Bonchev–Trinajstić information content (AvgIpc) is 2.60. The van der Waals surface area contributed by atoms with Gasteiger partial charge in [0.05, 0.1) is 18.8 Å². The maximum absolute atomic E-state index is 5.43. The molecule has 0 fully saturated rings. The quantitative estimate of drug-likeness (QED) is 0.663. The molecule has 4 nitrogen and oxygen atoms in total. The molecule has 0 unspecified atom stereocenters. The zero-order valence-electron chi connectivity index (χ0n) is 8.07. The van der Waals surface area contributed by atoms with Crippen molar-refractivity contribution in [2.75, 3.05) is 13.2 Å². The molecule has 0 aliphatic heterocycles. The SMILES string of the molecule is CCCOCCn1ccc(CN)n1. The summed E-state index contributed by atoms with van der Waals surface area (Å²) >= 11 is 0. The molecule has 74 valence electrons. The van der Waals surface area contributed by atoms with Crippen LogP contribution in [-0.2, 0) is 17.8 Å². The van der Waals surface area contributed by atoms with Gasteiger partial charge in [-0.1, -0.05) is 6.92 Å². The van der Waals surface area contributed by atoms with E-state index in [9.17, 15) is 0 Å². The summed E-state index contributed by atoms with van der Waals surface area (Å²) < 4.78 is 7.20. The van der Waals surface area contributed by atoms with E-state index in [1.54, 1.807) is 0 Å². The van der Waals surface area contributed by atoms with E-state index in [4.69, 9.17) is 10.5 Å². The summed E-state index contributed by atoms with van der Waals surface area (Å²) in [5, 5.41) is 4.24. The molecule has 2 N–H and O–H groups in total. The maximum atomic E-state index is 5.43. The first-order chi connectivity index (χ1) is 6.36. The third kappa shape index (κ3) is 3.57. The van der Waals surface area contributed by atoms with Crippen LogP contribution in [0.25, 0.3) is 0 Å². The van der Waals surface area contributed by atoms with E-state index in [-0.39, 0.29) is 0 Å². The van der Waals surface area contributed by atoms with Crippen LogP contribution in [0.4, 0.5) is 0 Å². The summed E-state index contributed by atoms with van der Waals surface area (Å²) in [6.07, 6.45) is 2.99. The lowest BCUT2D eigenvalue weighted by Gasteiger charge is -2.02.